The van der Waals surface area contributed by atoms with Gasteiger partial charge < -0.3 is 16.4 Å². The second kappa shape index (κ2) is 8.01. The number of nitrogens with one attached hydrogen (secondary N) is 2. The normalized spacial score (nSPS) is 12.8. The van der Waals surface area contributed by atoms with Crippen molar-refractivity contribution in [1.82, 2.24) is 10.6 Å². The van der Waals surface area contributed by atoms with Gasteiger partial charge in [-0.25, -0.2) is 8.78 Å². The van der Waals surface area contributed by atoms with Crippen LogP contribution in [0.15, 0.2) is 24.3 Å². The molecule has 5 nitrogen and oxygen atoms in total. The predicted octanol–water partition coefficient (Wildman–Crippen LogP) is 1.46. The Morgan fingerprint density at radius 3 is 2.26 bits per heavy atom. The number of hydrogen-bond donors (Lipinski definition) is 3. The molecule has 23 heavy (non-hydrogen) atoms. The maximum absolute atomic E-state index is 13.1. The summed E-state index contributed by atoms with van der Waals surface area (Å²) in [6.45, 7) is 3.63. The van der Waals surface area contributed by atoms with Crippen molar-refractivity contribution in [3.63, 3.8) is 0 Å². The van der Waals surface area contributed by atoms with E-state index in [0.29, 0.717) is 5.56 Å². The number of amides is 2. The van der Waals surface area contributed by atoms with E-state index in [1.807, 2.05) is 6.92 Å². The van der Waals surface area contributed by atoms with Gasteiger partial charge in [0.2, 0.25) is 5.91 Å². The van der Waals surface area contributed by atoms with Crippen molar-refractivity contribution in [3.05, 3.63) is 35.4 Å². The summed E-state index contributed by atoms with van der Waals surface area (Å²) in [5.74, 6) is -4.51. The topological polar surface area (TPSA) is 84.2 Å². The summed E-state index contributed by atoms with van der Waals surface area (Å²) < 4.78 is 26.2. The highest BCUT2D eigenvalue weighted by atomic mass is 19.3. The minimum absolute atomic E-state index is 0.254. The fourth-order valence-corrected chi connectivity index (χ4v) is 1.86. The van der Waals surface area contributed by atoms with E-state index in [1.165, 1.54) is 0 Å². The third-order valence-corrected chi connectivity index (χ3v) is 3.37. The molecule has 0 saturated carbocycles. The molecule has 0 aliphatic heterocycles. The molecular weight excluding hydrogens is 304 g/mol. The third kappa shape index (κ3) is 5.94. The zero-order valence-corrected chi connectivity index (χ0v) is 13.5. The lowest BCUT2D eigenvalue weighted by atomic mass is 10.0. The molecule has 0 aromatic heterocycles. The van der Waals surface area contributed by atoms with Crippen molar-refractivity contribution in [2.45, 2.75) is 32.7 Å². The van der Waals surface area contributed by atoms with Crippen LogP contribution in [-0.2, 0) is 4.79 Å². The van der Waals surface area contributed by atoms with Crippen molar-refractivity contribution in [2.75, 3.05) is 13.1 Å². The molecule has 0 spiro atoms. The molecule has 0 fully saturated rings. The van der Waals surface area contributed by atoms with Gasteiger partial charge >= 0.3 is 0 Å². The van der Waals surface area contributed by atoms with E-state index in [0.717, 1.165) is 5.56 Å². The van der Waals surface area contributed by atoms with E-state index in [2.05, 4.69) is 10.6 Å². The van der Waals surface area contributed by atoms with Crippen LogP contribution in [0.5, 0.6) is 0 Å². The van der Waals surface area contributed by atoms with Crippen LogP contribution >= 0.6 is 0 Å². The van der Waals surface area contributed by atoms with Gasteiger partial charge in [-0.2, -0.15) is 0 Å². The molecule has 1 atom stereocenters. The second-order valence-corrected chi connectivity index (χ2v) is 5.84. The minimum atomic E-state index is -3.17. The first-order valence-corrected chi connectivity index (χ1v) is 7.39. The van der Waals surface area contributed by atoms with Gasteiger partial charge in [-0.3, -0.25) is 9.59 Å². The SMILES string of the molecule is Cc1ccc(C(=O)NC(C(=O)NCC(F)(F)CN)C(C)C)cc1. The van der Waals surface area contributed by atoms with Gasteiger partial charge in [0.05, 0.1) is 13.1 Å². The Labute approximate surface area is 134 Å². The van der Waals surface area contributed by atoms with Gasteiger partial charge in [-0.15, -0.1) is 0 Å². The Morgan fingerprint density at radius 1 is 1.22 bits per heavy atom. The summed E-state index contributed by atoms with van der Waals surface area (Å²) in [6.07, 6.45) is 0. The van der Waals surface area contributed by atoms with Crippen molar-refractivity contribution in [1.29, 1.82) is 0 Å². The number of rotatable bonds is 7. The second-order valence-electron chi connectivity index (χ2n) is 5.84. The average molecular weight is 327 g/mol. The summed E-state index contributed by atoms with van der Waals surface area (Å²) in [6, 6.07) is 5.94. The molecular formula is C16H23F2N3O2. The van der Waals surface area contributed by atoms with E-state index < -0.39 is 36.9 Å². The van der Waals surface area contributed by atoms with Crippen LogP contribution < -0.4 is 16.4 Å². The Kier molecular flexibility index (Phi) is 6.62. The lowest BCUT2D eigenvalue weighted by Gasteiger charge is -2.23. The Bertz CT molecular complexity index is 545. The quantitative estimate of drug-likeness (QED) is 0.709. The van der Waals surface area contributed by atoms with Crippen molar-refractivity contribution >= 4 is 11.8 Å². The van der Waals surface area contributed by atoms with Gasteiger partial charge in [0, 0.05) is 5.56 Å². The smallest absolute Gasteiger partial charge is 0.277 e. The van der Waals surface area contributed by atoms with Crippen LogP contribution in [0.1, 0.15) is 29.8 Å². The monoisotopic (exact) mass is 327 g/mol. The largest absolute Gasteiger partial charge is 0.348 e. The molecule has 0 bridgehead atoms. The lowest BCUT2D eigenvalue weighted by molar-refractivity contribution is -0.125. The standard InChI is InChI=1S/C16H23F2N3O2/c1-10(2)13(15(23)20-9-16(17,18)8-19)21-14(22)12-6-4-11(3)5-7-12/h4-7,10,13H,8-9,19H2,1-3H3,(H,20,23)(H,21,22). The highest BCUT2D eigenvalue weighted by Crippen LogP contribution is 2.10. The van der Waals surface area contributed by atoms with Crippen LogP contribution in [0.2, 0.25) is 0 Å². The van der Waals surface area contributed by atoms with Crippen LogP contribution in [-0.4, -0.2) is 36.9 Å². The van der Waals surface area contributed by atoms with Crippen molar-refractivity contribution in [2.24, 2.45) is 11.7 Å². The van der Waals surface area contributed by atoms with Gasteiger partial charge in [-0.1, -0.05) is 31.5 Å². The molecule has 128 valence electrons. The summed E-state index contributed by atoms with van der Waals surface area (Å²) in [7, 11) is 0. The first kappa shape index (κ1) is 19.0. The fraction of sp³-hybridized carbons (Fsp3) is 0.500. The van der Waals surface area contributed by atoms with Gasteiger partial charge in [0.25, 0.3) is 11.8 Å². The maximum Gasteiger partial charge on any atom is 0.277 e. The van der Waals surface area contributed by atoms with Crippen LogP contribution in [0.25, 0.3) is 0 Å². The molecule has 0 aliphatic carbocycles. The number of benzene rings is 1. The number of halogens is 2. The van der Waals surface area contributed by atoms with E-state index >= 15 is 0 Å². The predicted molar refractivity (Wildman–Crippen MR) is 84.3 cm³/mol. The lowest BCUT2D eigenvalue weighted by Crippen LogP contribution is -2.52. The van der Waals surface area contributed by atoms with Gasteiger partial charge in [0.1, 0.15) is 6.04 Å². The number of hydrogen-bond acceptors (Lipinski definition) is 3. The number of nitrogens with two attached hydrogens (primary N) is 1. The molecule has 0 saturated heterocycles. The van der Waals surface area contributed by atoms with Gasteiger partial charge in [-0.05, 0) is 25.0 Å². The van der Waals surface area contributed by atoms with Crippen molar-refractivity contribution in [3.8, 4) is 0 Å². The molecule has 0 heterocycles. The highest BCUT2D eigenvalue weighted by molar-refractivity contribution is 5.97. The summed E-state index contributed by atoms with van der Waals surface area (Å²) >= 11 is 0. The molecule has 1 rings (SSSR count). The Balaban J connectivity index is 2.72. The first-order valence-electron chi connectivity index (χ1n) is 7.39. The number of carbonyl (C=O) groups excluding carboxylic acids is 2. The molecule has 4 N–H and O–H groups in total. The Hall–Kier alpha value is -2.02. The van der Waals surface area contributed by atoms with E-state index in [-0.39, 0.29) is 5.92 Å². The zero-order chi connectivity index (χ0) is 17.6. The summed E-state index contributed by atoms with van der Waals surface area (Å²) in [5, 5.41) is 4.72. The summed E-state index contributed by atoms with van der Waals surface area (Å²) in [4.78, 5) is 24.2. The summed E-state index contributed by atoms with van der Waals surface area (Å²) in [5.41, 5.74) is 6.33. The van der Waals surface area contributed by atoms with Crippen molar-refractivity contribution < 1.29 is 18.4 Å². The minimum Gasteiger partial charge on any atom is -0.348 e. The van der Waals surface area contributed by atoms with Crippen LogP contribution in [0.3, 0.4) is 0 Å². The Morgan fingerprint density at radius 2 is 1.78 bits per heavy atom. The molecule has 2 amide bonds. The first-order chi connectivity index (χ1) is 10.7. The van der Waals surface area contributed by atoms with Gasteiger partial charge in [0.15, 0.2) is 0 Å². The van der Waals surface area contributed by atoms with E-state index in [4.69, 9.17) is 5.73 Å². The fourth-order valence-electron chi connectivity index (χ4n) is 1.86. The number of alkyl halides is 2. The molecule has 1 aromatic rings. The number of carbonyl (C=O) groups is 2. The van der Waals surface area contributed by atoms with E-state index in [9.17, 15) is 18.4 Å². The van der Waals surface area contributed by atoms with Crippen LogP contribution in [0, 0.1) is 12.8 Å². The molecule has 0 aliphatic rings. The highest BCUT2D eigenvalue weighted by Gasteiger charge is 2.30. The third-order valence-electron chi connectivity index (χ3n) is 3.37. The van der Waals surface area contributed by atoms with Crippen LogP contribution in [0.4, 0.5) is 8.78 Å². The number of aryl methyl sites for hydroxylation is 1. The maximum atomic E-state index is 13.1. The van der Waals surface area contributed by atoms with E-state index in [1.54, 1.807) is 38.1 Å². The molecule has 7 heteroatoms. The zero-order valence-electron chi connectivity index (χ0n) is 13.5. The molecule has 0 radical (unpaired) electrons. The average Bonchev–Trinajstić information content (AvgIpc) is 2.50. The molecule has 1 unspecified atom stereocenters. The molecule has 1 aromatic carbocycles.